The van der Waals surface area contributed by atoms with Crippen molar-refractivity contribution in [3.05, 3.63) is 0 Å². The van der Waals surface area contributed by atoms with Gasteiger partial charge in [0, 0.05) is 0 Å². The second-order valence-electron chi connectivity index (χ2n) is 0. The second-order valence-corrected chi connectivity index (χ2v) is 0. The summed E-state index contributed by atoms with van der Waals surface area (Å²) in [6, 6.07) is 0. The Bertz CT molecular complexity index is 8.00. The quantitative estimate of drug-likeness (QED) is 0.394. The van der Waals surface area contributed by atoms with Crippen LogP contribution < -0.4 is 0 Å². The summed E-state index contributed by atoms with van der Waals surface area (Å²) in [4.78, 5) is 0. The number of hydrogen-bond acceptors (Lipinski definition) is 1. The van der Waals surface area contributed by atoms with Gasteiger partial charge >= 0.3 is 74.0 Å². The van der Waals surface area contributed by atoms with Crippen LogP contribution in [0.5, 0.6) is 0 Å². The van der Waals surface area contributed by atoms with Crippen molar-refractivity contribution in [2.24, 2.45) is 0 Å². The van der Waals surface area contributed by atoms with Crippen LogP contribution in [-0.2, 0) is 24.3 Å². The topological polar surface area (TPSA) is 17.1 Å². The van der Waals surface area contributed by atoms with Gasteiger partial charge in [-0.2, -0.15) is 0 Å². The zero-order valence-corrected chi connectivity index (χ0v) is 8.81. The summed E-state index contributed by atoms with van der Waals surface area (Å²) in [5, 5.41) is 0. The van der Waals surface area contributed by atoms with E-state index < -0.39 is 0 Å². The van der Waals surface area contributed by atoms with Gasteiger partial charge in [0.25, 0.3) is 0 Å². The molecule has 0 aromatic rings. The monoisotopic (exact) mass is 437 g/mol. The molecule has 0 aromatic carbocycles. The molecule has 1 nitrogen and oxygen atoms in total. The molecule has 0 bridgehead atoms. The zero-order valence-electron chi connectivity index (χ0n) is 1.56. The molecule has 0 saturated carbocycles. The number of rotatable bonds is 0. The van der Waals surface area contributed by atoms with E-state index in [1.807, 2.05) is 0 Å². The van der Waals surface area contributed by atoms with Crippen LogP contribution in [0.3, 0.4) is 0 Å². The third-order valence-electron chi connectivity index (χ3n) is 0. The van der Waals surface area contributed by atoms with Crippen molar-refractivity contribution in [3.8, 4) is 0 Å². The van der Waals surface area contributed by atoms with Crippen LogP contribution in [0.15, 0.2) is 0 Å². The van der Waals surface area contributed by atoms with Crippen LogP contribution in [0.2, 0.25) is 0 Å². The van der Waals surface area contributed by atoms with Crippen LogP contribution in [-0.4, -0.2) is 49.8 Å². The van der Waals surface area contributed by atoms with Crippen LogP contribution in [0.25, 0.3) is 0 Å². The Labute approximate surface area is 72.9 Å². The van der Waals surface area contributed by atoms with Crippen LogP contribution >= 0.6 is 0 Å². The molecular weight excluding hydrogens is 430 g/mol. The molecule has 0 unspecified atom stereocenters. The summed E-state index contributed by atoms with van der Waals surface area (Å²) in [5.41, 5.74) is 0. The van der Waals surface area contributed by atoms with Gasteiger partial charge in [0.1, 0.15) is 0 Å². The van der Waals surface area contributed by atoms with Crippen molar-refractivity contribution in [2.45, 2.75) is 0 Å². The molecular formula is H5InOSnTa. The van der Waals surface area contributed by atoms with E-state index >= 15 is 0 Å². The van der Waals surface area contributed by atoms with E-state index in [-0.39, 0.29) is 70.8 Å². The predicted molar refractivity (Wildman–Crippen MR) is 19.2 cm³/mol. The second kappa shape index (κ2) is 18.9. The molecule has 0 amide bonds. The van der Waals surface area contributed by atoms with Gasteiger partial charge in [-0.25, -0.2) is 0 Å². The van der Waals surface area contributed by atoms with E-state index in [1.54, 1.807) is 0 Å². The fraction of sp³-hybridized carbons (Fsp3) is 0. The minimum absolute atomic E-state index is 0. The molecule has 23 valence electrons. The summed E-state index contributed by atoms with van der Waals surface area (Å²) in [6.45, 7) is 0. The fourth-order valence-corrected chi connectivity index (χ4v) is 0. The minimum atomic E-state index is 0. The van der Waals surface area contributed by atoms with Gasteiger partial charge in [-0.3, -0.25) is 0 Å². The first-order valence-electron chi connectivity index (χ1n) is 0.183. The van der Waals surface area contributed by atoms with Crippen molar-refractivity contribution in [2.75, 3.05) is 0 Å². The Hall–Kier alpha value is 2.21. The van der Waals surface area contributed by atoms with Gasteiger partial charge < -0.3 is 0 Å². The van der Waals surface area contributed by atoms with E-state index in [0.29, 0.717) is 0 Å². The van der Waals surface area contributed by atoms with Crippen molar-refractivity contribution in [3.63, 3.8) is 0 Å². The van der Waals surface area contributed by atoms with Crippen molar-refractivity contribution in [1.82, 2.24) is 0 Å². The van der Waals surface area contributed by atoms with Gasteiger partial charge in [0.05, 0.1) is 0 Å². The molecule has 0 saturated heterocycles. The summed E-state index contributed by atoms with van der Waals surface area (Å²) in [7, 11) is 0. The van der Waals surface area contributed by atoms with E-state index in [0.717, 1.165) is 0 Å². The van der Waals surface area contributed by atoms with Crippen molar-refractivity contribution < 1.29 is 24.3 Å². The Kier molecular flexibility index (Phi) is 77.3. The first kappa shape index (κ1) is 16.4. The SMILES string of the molecule is [InH3].[O]=[Ta].[SnH2]. The molecule has 4 heavy (non-hydrogen) atoms. The summed E-state index contributed by atoms with van der Waals surface area (Å²) in [5.74, 6) is 0. The molecule has 0 heterocycles. The first-order chi connectivity index (χ1) is 1.00. The Morgan fingerprint density at radius 3 is 1.25 bits per heavy atom. The van der Waals surface area contributed by atoms with Crippen LogP contribution in [0.1, 0.15) is 0 Å². The van der Waals surface area contributed by atoms with E-state index in [4.69, 9.17) is 3.25 Å². The van der Waals surface area contributed by atoms with E-state index in [2.05, 4.69) is 0 Å². The molecule has 0 aliphatic heterocycles. The van der Waals surface area contributed by atoms with Gasteiger partial charge in [-0.1, -0.05) is 0 Å². The average Bonchev–Trinajstić information content (AvgIpc) is 1.00. The summed E-state index contributed by atoms with van der Waals surface area (Å²) < 4.78 is 8.36. The van der Waals surface area contributed by atoms with Crippen molar-refractivity contribution >= 4 is 49.8 Å². The van der Waals surface area contributed by atoms with Crippen LogP contribution in [0.4, 0.5) is 0 Å². The third-order valence-corrected chi connectivity index (χ3v) is 0. The van der Waals surface area contributed by atoms with Crippen molar-refractivity contribution in [1.29, 1.82) is 0 Å². The normalized spacial score (nSPS) is 0.750. The molecule has 0 aromatic heterocycles. The Balaban J connectivity index is -0.00000000500. The Morgan fingerprint density at radius 2 is 1.25 bits per heavy atom. The molecule has 0 aliphatic carbocycles. The molecule has 0 rings (SSSR count). The van der Waals surface area contributed by atoms with Gasteiger partial charge in [-0.05, 0) is 0 Å². The predicted octanol–water partition coefficient (Wildman–Crippen LogP) is -2.22. The molecule has 0 atom stereocenters. The summed E-state index contributed by atoms with van der Waals surface area (Å²) in [6.07, 6.45) is 0. The molecule has 0 spiro atoms. The summed E-state index contributed by atoms with van der Waals surface area (Å²) >= 11 is 0.194. The molecule has 0 N–H and O–H groups in total. The van der Waals surface area contributed by atoms with E-state index in [1.165, 1.54) is 0 Å². The zero-order chi connectivity index (χ0) is 2.00. The molecule has 4 heteroatoms. The van der Waals surface area contributed by atoms with Gasteiger partial charge in [0.15, 0.2) is 0 Å². The fourth-order valence-electron chi connectivity index (χ4n) is 0. The first-order valence-corrected chi connectivity index (χ1v) is 1.49. The van der Waals surface area contributed by atoms with Gasteiger partial charge in [0.2, 0.25) is 0 Å². The standard InChI is InChI=1S/In.O.Sn.Ta.5H. The van der Waals surface area contributed by atoms with Gasteiger partial charge in [-0.15, -0.1) is 0 Å². The third kappa shape index (κ3) is 8.88. The molecule has 0 aliphatic rings. The maximum atomic E-state index is 8.36. The maximum absolute atomic E-state index is 8.36. The molecule has 0 fully saturated rings. The Morgan fingerprint density at radius 1 is 1.25 bits per heavy atom. The van der Waals surface area contributed by atoms with Crippen LogP contribution in [0, 0.1) is 0 Å². The van der Waals surface area contributed by atoms with E-state index in [9.17, 15) is 0 Å². The number of hydrogen-bond donors (Lipinski definition) is 0. The molecule has 2 radical (unpaired) electrons. The average molecular weight is 436 g/mol.